The predicted molar refractivity (Wildman–Crippen MR) is 67.3 cm³/mol. The number of benzene rings is 1. The van der Waals surface area contributed by atoms with Gasteiger partial charge in [0.05, 0.1) is 6.10 Å². The molecule has 0 radical (unpaired) electrons. The van der Waals surface area contributed by atoms with Gasteiger partial charge in [0.1, 0.15) is 5.75 Å². The molecule has 92 valence electrons. The highest BCUT2D eigenvalue weighted by atomic mass is 16.5. The third-order valence-corrected chi connectivity index (χ3v) is 2.89. The highest BCUT2D eigenvalue weighted by Crippen LogP contribution is 2.32. The lowest BCUT2D eigenvalue weighted by molar-refractivity contribution is 0.0998. The second-order valence-electron chi connectivity index (χ2n) is 5.64. The van der Waals surface area contributed by atoms with Crippen LogP contribution in [0, 0.1) is 0 Å². The molecule has 1 aromatic rings. The zero-order chi connectivity index (χ0) is 12.6. The average molecular weight is 233 g/mol. The van der Waals surface area contributed by atoms with E-state index >= 15 is 0 Å². The number of carbonyl (C=O) groups is 1. The zero-order valence-electron chi connectivity index (χ0n) is 10.6. The predicted octanol–water partition coefficient (Wildman–Crippen LogP) is 2.62. The topological polar surface area (TPSA) is 52.3 Å². The Labute approximate surface area is 102 Å². The largest absolute Gasteiger partial charge is 0.490 e. The minimum absolute atomic E-state index is 0.118. The van der Waals surface area contributed by atoms with Gasteiger partial charge in [-0.15, -0.1) is 0 Å². The first kappa shape index (κ1) is 12.0. The fraction of sp³-hybridized carbons (Fsp3) is 0.500. The summed E-state index contributed by atoms with van der Waals surface area (Å²) in [6, 6.07) is 5.53. The van der Waals surface area contributed by atoms with Crippen molar-refractivity contribution in [1.29, 1.82) is 0 Å². The maximum Gasteiger partial charge on any atom is 0.249 e. The molecule has 1 aliphatic rings. The van der Waals surface area contributed by atoms with E-state index in [1.54, 1.807) is 6.07 Å². The molecule has 0 unspecified atom stereocenters. The standard InChI is InChI=1S/C14H19NO2/c1-14(2,3)12-8-10(17-9-4-5-9)6-7-11(12)13(15)16/h6-9H,4-5H2,1-3H3,(H2,15,16). The van der Waals surface area contributed by atoms with Gasteiger partial charge in [0.2, 0.25) is 5.91 Å². The van der Waals surface area contributed by atoms with Crippen molar-refractivity contribution in [2.24, 2.45) is 5.73 Å². The van der Waals surface area contributed by atoms with Gasteiger partial charge in [-0.25, -0.2) is 0 Å². The SMILES string of the molecule is CC(C)(C)c1cc(OC2CC2)ccc1C(N)=O. The second kappa shape index (κ2) is 4.06. The second-order valence-corrected chi connectivity index (χ2v) is 5.64. The van der Waals surface area contributed by atoms with Crippen LogP contribution < -0.4 is 10.5 Å². The Kier molecular flexibility index (Phi) is 2.86. The van der Waals surface area contributed by atoms with Crippen molar-refractivity contribution in [3.63, 3.8) is 0 Å². The molecule has 0 aliphatic heterocycles. The molecular weight excluding hydrogens is 214 g/mol. The molecule has 17 heavy (non-hydrogen) atoms. The molecule has 1 aromatic carbocycles. The third kappa shape index (κ3) is 2.78. The molecule has 2 rings (SSSR count). The summed E-state index contributed by atoms with van der Waals surface area (Å²) in [5.74, 6) is 0.454. The fourth-order valence-electron chi connectivity index (χ4n) is 1.81. The quantitative estimate of drug-likeness (QED) is 0.872. The maximum absolute atomic E-state index is 11.4. The smallest absolute Gasteiger partial charge is 0.249 e. The number of nitrogens with two attached hydrogens (primary N) is 1. The van der Waals surface area contributed by atoms with Gasteiger partial charge in [-0.05, 0) is 42.0 Å². The molecule has 1 fully saturated rings. The zero-order valence-corrected chi connectivity index (χ0v) is 10.6. The number of primary amides is 1. The van der Waals surface area contributed by atoms with E-state index in [1.807, 2.05) is 12.1 Å². The summed E-state index contributed by atoms with van der Waals surface area (Å²) in [5.41, 5.74) is 6.81. The van der Waals surface area contributed by atoms with E-state index in [2.05, 4.69) is 20.8 Å². The van der Waals surface area contributed by atoms with Crippen LogP contribution in [0.2, 0.25) is 0 Å². The van der Waals surface area contributed by atoms with E-state index in [0.717, 1.165) is 24.2 Å². The van der Waals surface area contributed by atoms with Crippen LogP contribution in [0.1, 0.15) is 49.5 Å². The first-order valence-electron chi connectivity index (χ1n) is 5.99. The van der Waals surface area contributed by atoms with Gasteiger partial charge in [-0.1, -0.05) is 20.8 Å². The van der Waals surface area contributed by atoms with E-state index in [-0.39, 0.29) is 11.3 Å². The van der Waals surface area contributed by atoms with Gasteiger partial charge in [-0.3, -0.25) is 4.79 Å². The van der Waals surface area contributed by atoms with Crippen LogP contribution in [0.25, 0.3) is 0 Å². The summed E-state index contributed by atoms with van der Waals surface area (Å²) in [6.07, 6.45) is 2.62. The van der Waals surface area contributed by atoms with Crippen LogP contribution in [-0.2, 0) is 5.41 Å². The van der Waals surface area contributed by atoms with Crippen LogP contribution in [0.15, 0.2) is 18.2 Å². The first-order valence-corrected chi connectivity index (χ1v) is 5.99. The Morgan fingerprint density at radius 3 is 2.47 bits per heavy atom. The molecule has 0 saturated heterocycles. The highest BCUT2D eigenvalue weighted by molar-refractivity contribution is 5.94. The molecule has 0 spiro atoms. The molecule has 3 heteroatoms. The lowest BCUT2D eigenvalue weighted by Crippen LogP contribution is -2.21. The van der Waals surface area contributed by atoms with Crippen LogP contribution in [-0.4, -0.2) is 12.0 Å². The summed E-state index contributed by atoms with van der Waals surface area (Å²) in [5, 5.41) is 0. The lowest BCUT2D eigenvalue weighted by Gasteiger charge is -2.22. The Hall–Kier alpha value is -1.51. The number of rotatable bonds is 3. The van der Waals surface area contributed by atoms with Gasteiger partial charge in [0.15, 0.2) is 0 Å². The Bertz CT molecular complexity index is 442. The Balaban J connectivity index is 2.38. The fourth-order valence-corrected chi connectivity index (χ4v) is 1.81. The molecule has 0 aromatic heterocycles. The van der Waals surface area contributed by atoms with E-state index in [1.165, 1.54) is 0 Å². The van der Waals surface area contributed by atoms with Gasteiger partial charge in [0.25, 0.3) is 0 Å². The molecule has 0 bridgehead atoms. The summed E-state index contributed by atoms with van der Waals surface area (Å²) in [6.45, 7) is 6.20. The highest BCUT2D eigenvalue weighted by Gasteiger charge is 2.25. The molecule has 2 N–H and O–H groups in total. The number of hydrogen-bond donors (Lipinski definition) is 1. The van der Waals surface area contributed by atoms with Gasteiger partial charge >= 0.3 is 0 Å². The number of hydrogen-bond acceptors (Lipinski definition) is 2. The summed E-state index contributed by atoms with van der Waals surface area (Å²) < 4.78 is 5.74. The average Bonchev–Trinajstić information content (AvgIpc) is 3.00. The van der Waals surface area contributed by atoms with Crippen LogP contribution in [0.4, 0.5) is 0 Å². The van der Waals surface area contributed by atoms with Crippen molar-refractivity contribution in [2.45, 2.75) is 45.1 Å². The summed E-state index contributed by atoms with van der Waals surface area (Å²) >= 11 is 0. The monoisotopic (exact) mass is 233 g/mol. The third-order valence-electron chi connectivity index (χ3n) is 2.89. The van der Waals surface area contributed by atoms with Gasteiger partial charge in [0, 0.05) is 5.56 Å². The van der Waals surface area contributed by atoms with Crippen molar-refractivity contribution < 1.29 is 9.53 Å². The van der Waals surface area contributed by atoms with Crippen LogP contribution in [0.5, 0.6) is 5.75 Å². The van der Waals surface area contributed by atoms with E-state index in [9.17, 15) is 4.79 Å². The molecule has 0 atom stereocenters. The minimum atomic E-state index is -0.382. The number of ether oxygens (including phenoxy) is 1. The molecule has 1 saturated carbocycles. The normalized spacial score (nSPS) is 15.7. The van der Waals surface area contributed by atoms with Crippen molar-refractivity contribution in [3.8, 4) is 5.75 Å². The Morgan fingerprint density at radius 1 is 1.35 bits per heavy atom. The summed E-state index contributed by atoms with van der Waals surface area (Å²) in [4.78, 5) is 11.4. The van der Waals surface area contributed by atoms with Gasteiger partial charge in [-0.2, -0.15) is 0 Å². The molecular formula is C14H19NO2. The van der Waals surface area contributed by atoms with Crippen molar-refractivity contribution in [3.05, 3.63) is 29.3 Å². The van der Waals surface area contributed by atoms with Crippen molar-refractivity contribution in [1.82, 2.24) is 0 Å². The maximum atomic E-state index is 11.4. The van der Waals surface area contributed by atoms with E-state index < -0.39 is 0 Å². The van der Waals surface area contributed by atoms with E-state index in [4.69, 9.17) is 10.5 Å². The summed E-state index contributed by atoms with van der Waals surface area (Å²) in [7, 11) is 0. The van der Waals surface area contributed by atoms with Crippen LogP contribution in [0.3, 0.4) is 0 Å². The molecule has 1 aliphatic carbocycles. The lowest BCUT2D eigenvalue weighted by atomic mass is 9.83. The number of amides is 1. The van der Waals surface area contributed by atoms with E-state index in [0.29, 0.717) is 11.7 Å². The Morgan fingerprint density at radius 2 is 2.00 bits per heavy atom. The molecule has 1 amide bonds. The van der Waals surface area contributed by atoms with Gasteiger partial charge < -0.3 is 10.5 Å². The van der Waals surface area contributed by atoms with Crippen LogP contribution >= 0.6 is 0 Å². The molecule has 3 nitrogen and oxygen atoms in total. The molecule has 0 heterocycles. The van der Waals surface area contributed by atoms with Crippen molar-refractivity contribution >= 4 is 5.91 Å². The van der Waals surface area contributed by atoms with Crippen molar-refractivity contribution in [2.75, 3.05) is 0 Å². The minimum Gasteiger partial charge on any atom is -0.490 e. The first-order chi connectivity index (χ1) is 7.88. The number of carbonyl (C=O) groups excluding carboxylic acids is 1.